The van der Waals surface area contributed by atoms with Gasteiger partial charge in [0.25, 0.3) is 0 Å². The van der Waals surface area contributed by atoms with Crippen LogP contribution in [0.3, 0.4) is 0 Å². The van der Waals surface area contributed by atoms with Crippen LogP contribution in [0.1, 0.15) is 6.92 Å². The van der Waals surface area contributed by atoms with E-state index in [4.69, 9.17) is 0 Å². The number of alkyl halides is 2. The lowest BCUT2D eigenvalue weighted by molar-refractivity contribution is 0.252. The van der Waals surface area contributed by atoms with Gasteiger partial charge < -0.3 is 0 Å². The molecule has 0 aliphatic carbocycles. The van der Waals surface area contributed by atoms with Gasteiger partial charge in [-0.1, -0.05) is 12.1 Å². The maximum absolute atomic E-state index is 12.1. The molecule has 0 aromatic rings. The third-order valence-electron chi connectivity index (χ3n) is 1.74. The van der Waals surface area contributed by atoms with Crippen molar-refractivity contribution in [3.8, 4) is 0 Å². The molecule has 14 heavy (non-hydrogen) atoms. The van der Waals surface area contributed by atoms with Crippen LogP contribution in [-0.4, -0.2) is 68.9 Å². The Labute approximate surface area is 90.3 Å². The van der Waals surface area contributed by atoms with Crippen LogP contribution < -0.4 is 0 Å². The second kappa shape index (κ2) is 8.52. The van der Waals surface area contributed by atoms with Crippen molar-refractivity contribution >= 4 is 19.0 Å². The smallest absolute Gasteiger partial charge is 0.142 e. The van der Waals surface area contributed by atoms with Gasteiger partial charge in [-0.15, -0.1) is 0 Å². The van der Waals surface area contributed by atoms with Gasteiger partial charge in [-0.2, -0.15) is 0 Å². The molecule has 0 unspecified atom stereocenters. The van der Waals surface area contributed by atoms with Gasteiger partial charge in [0.05, 0.1) is 19.0 Å². The monoisotopic (exact) mass is 236 g/mol. The number of hydrogen-bond donors (Lipinski definition) is 0. The second-order valence-electron chi connectivity index (χ2n) is 3.40. The fourth-order valence-electron chi connectivity index (χ4n) is 0.742. The largest absolute Gasteiger partial charge is 0.283 e. The lowest BCUT2D eigenvalue weighted by Gasteiger charge is -2.17. The molecule has 0 aliphatic heterocycles. The van der Waals surface area contributed by atoms with Crippen molar-refractivity contribution in [3.05, 3.63) is 0 Å². The van der Waals surface area contributed by atoms with Crippen LogP contribution in [0, 0.1) is 0 Å². The highest BCUT2D eigenvalue weighted by Gasteiger charge is 2.08. The van der Waals surface area contributed by atoms with Crippen molar-refractivity contribution in [2.45, 2.75) is 12.1 Å². The standard InChI is InChI=1S/C8H18F2N2Si2/c1-8(13-6-11(2)4-9)14-7-12(3)5-10/h8H,4-7H2,1-3H3. The Kier molecular flexibility index (Phi) is 8.65. The second-order valence-corrected chi connectivity index (χ2v) is 7.16. The first-order valence-corrected chi connectivity index (χ1v) is 7.12. The molecule has 0 saturated carbocycles. The van der Waals surface area contributed by atoms with E-state index in [9.17, 15) is 8.78 Å². The van der Waals surface area contributed by atoms with Gasteiger partial charge in [-0.3, -0.25) is 9.80 Å². The zero-order valence-corrected chi connectivity index (χ0v) is 11.1. The average molecular weight is 236 g/mol. The minimum absolute atomic E-state index is 0.382. The summed E-state index contributed by atoms with van der Waals surface area (Å²) in [4.78, 5) is 3.33. The minimum atomic E-state index is -0.382. The zero-order chi connectivity index (χ0) is 11.0. The van der Waals surface area contributed by atoms with Crippen LogP contribution in [-0.2, 0) is 0 Å². The highest BCUT2D eigenvalue weighted by molar-refractivity contribution is 6.58. The Morgan fingerprint density at radius 2 is 1.36 bits per heavy atom. The van der Waals surface area contributed by atoms with Crippen molar-refractivity contribution in [3.63, 3.8) is 0 Å². The van der Waals surface area contributed by atoms with Crippen LogP contribution in [0.5, 0.6) is 0 Å². The van der Waals surface area contributed by atoms with Gasteiger partial charge in [-0.25, -0.2) is 8.78 Å². The van der Waals surface area contributed by atoms with Crippen LogP contribution >= 0.6 is 0 Å². The van der Waals surface area contributed by atoms with E-state index in [2.05, 4.69) is 6.92 Å². The Balaban J connectivity index is 3.40. The average Bonchev–Trinajstić information content (AvgIpc) is 2.22. The van der Waals surface area contributed by atoms with Gasteiger partial charge in [0, 0.05) is 0 Å². The highest BCUT2D eigenvalue weighted by atomic mass is 28.3. The van der Waals surface area contributed by atoms with Crippen molar-refractivity contribution in [1.82, 2.24) is 9.80 Å². The fourth-order valence-corrected chi connectivity index (χ4v) is 3.21. The molecule has 0 fully saturated rings. The number of rotatable bonds is 8. The summed E-state index contributed by atoms with van der Waals surface area (Å²) in [5, 5.41) is 0.581. The maximum atomic E-state index is 12.1. The van der Waals surface area contributed by atoms with Crippen LogP contribution in [0.15, 0.2) is 0 Å². The van der Waals surface area contributed by atoms with Crippen LogP contribution in [0.4, 0.5) is 8.78 Å². The summed E-state index contributed by atoms with van der Waals surface area (Å²) in [5.74, 6) is 0. The fraction of sp³-hybridized carbons (Fsp3) is 1.00. The van der Waals surface area contributed by atoms with E-state index in [1.165, 1.54) is 0 Å². The number of halogens is 2. The molecule has 0 bridgehead atoms. The topological polar surface area (TPSA) is 6.48 Å². The molecular weight excluding hydrogens is 218 g/mol. The molecule has 0 spiro atoms. The molecule has 0 rings (SSSR count). The molecule has 0 aromatic heterocycles. The number of nitrogens with zero attached hydrogens (tertiary/aromatic N) is 2. The predicted octanol–water partition coefficient (Wildman–Crippen LogP) is 0.793. The lowest BCUT2D eigenvalue weighted by Crippen LogP contribution is -2.30. The molecule has 0 atom stereocenters. The van der Waals surface area contributed by atoms with Gasteiger partial charge in [0.15, 0.2) is 0 Å². The number of hydrogen-bond acceptors (Lipinski definition) is 2. The Morgan fingerprint density at radius 1 is 1.00 bits per heavy atom. The molecule has 0 heterocycles. The summed E-state index contributed by atoms with van der Waals surface area (Å²) in [6, 6.07) is 0. The Hall–Kier alpha value is 0.214. The molecule has 0 amide bonds. The van der Waals surface area contributed by atoms with E-state index in [1.54, 1.807) is 23.9 Å². The van der Waals surface area contributed by atoms with E-state index < -0.39 is 0 Å². The van der Waals surface area contributed by atoms with E-state index in [-0.39, 0.29) is 13.6 Å². The third kappa shape index (κ3) is 7.60. The van der Waals surface area contributed by atoms with Gasteiger partial charge in [0.2, 0.25) is 0 Å². The molecule has 6 heteroatoms. The van der Waals surface area contributed by atoms with Crippen molar-refractivity contribution < 1.29 is 8.78 Å². The van der Waals surface area contributed by atoms with E-state index in [0.717, 1.165) is 31.4 Å². The SMILES string of the molecule is CC([Si]CN(C)CF)[Si]CN(C)CF. The molecule has 0 N–H and O–H groups in total. The van der Waals surface area contributed by atoms with Crippen molar-refractivity contribution in [1.29, 1.82) is 0 Å². The van der Waals surface area contributed by atoms with E-state index in [0.29, 0.717) is 5.16 Å². The normalized spacial score (nSPS) is 12.0. The summed E-state index contributed by atoms with van der Waals surface area (Å²) < 4.78 is 24.2. The highest BCUT2D eigenvalue weighted by Crippen LogP contribution is 1.99. The minimum Gasteiger partial charge on any atom is -0.283 e. The first-order valence-electron chi connectivity index (χ1n) is 4.56. The van der Waals surface area contributed by atoms with Crippen molar-refractivity contribution in [2.24, 2.45) is 0 Å². The first kappa shape index (κ1) is 14.2. The Bertz CT molecular complexity index is 127. The van der Waals surface area contributed by atoms with Crippen LogP contribution in [0.25, 0.3) is 0 Å². The summed E-state index contributed by atoms with van der Waals surface area (Å²) >= 11 is 0. The summed E-state index contributed by atoms with van der Waals surface area (Å²) in [6.45, 7) is 1.38. The molecule has 0 aromatic carbocycles. The maximum Gasteiger partial charge on any atom is 0.142 e. The molecule has 4 radical (unpaired) electrons. The molecule has 0 aliphatic rings. The molecule has 2 nitrogen and oxygen atoms in total. The quantitative estimate of drug-likeness (QED) is 0.454. The predicted molar refractivity (Wildman–Crippen MR) is 58.1 cm³/mol. The molecular formula is C8H18F2N2Si2. The first-order chi connectivity index (χ1) is 6.60. The third-order valence-corrected chi connectivity index (χ3v) is 5.64. The summed E-state index contributed by atoms with van der Waals surface area (Å²) in [7, 11) is 5.04. The summed E-state index contributed by atoms with van der Waals surface area (Å²) in [5.41, 5.74) is 0. The van der Waals surface area contributed by atoms with Crippen LogP contribution in [0.2, 0.25) is 5.16 Å². The lowest BCUT2D eigenvalue weighted by atomic mass is 10.9. The zero-order valence-electron chi connectivity index (χ0n) is 9.06. The van der Waals surface area contributed by atoms with Gasteiger partial charge >= 0.3 is 0 Å². The van der Waals surface area contributed by atoms with Crippen molar-refractivity contribution in [2.75, 3.05) is 40.0 Å². The van der Waals surface area contributed by atoms with Gasteiger partial charge in [0.1, 0.15) is 13.6 Å². The van der Waals surface area contributed by atoms with E-state index >= 15 is 0 Å². The van der Waals surface area contributed by atoms with Gasteiger partial charge in [-0.05, 0) is 26.4 Å². The molecule has 0 saturated heterocycles. The van der Waals surface area contributed by atoms with E-state index in [1.807, 2.05) is 0 Å². The summed E-state index contributed by atoms with van der Waals surface area (Å²) in [6.07, 6.45) is 1.62. The Morgan fingerprint density at radius 3 is 1.64 bits per heavy atom. The molecule has 82 valence electrons.